The maximum atomic E-state index is 14.6. The minimum atomic E-state index is -1.49. The van der Waals surface area contributed by atoms with Crippen molar-refractivity contribution >= 4 is 29.7 Å². The summed E-state index contributed by atoms with van der Waals surface area (Å²) in [6.45, 7) is 7.81. The number of ether oxygens (including phenoxy) is 15. The predicted octanol–water partition coefficient (Wildman–Crippen LogP) is 13.7. The van der Waals surface area contributed by atoms with E-state index >= 15 is 0 Å². The second-order valence-electron chi connectivity index (χ2n) is 26.2. The van der Waals surface area contributed by atoms with Crippen LogP contribution in [0.1, 0.15) is 73.6 Å². The quantitative estimate of drug-likeness (QED) is 0.0278. The van der Waals surface area contributed by atoms with Crippen molar-refractivity contribution in [1.29, 1.82) is 0 Å². The van der Waals surface area contributed by atoms with E-state index in [9.17, 15) is 18.8 Å². The van der Waals surface area contributed by atoms with E-state index < -0.39 is 120 Å². The molecule has 0 aromatic heterocycles. The molecule has 538 valence electrons. The van der Waals surface area contributed by atoms with Gasteiger partial charge in [0.25, 0.3) is 0 Å². The summed E-state index contributed by atoms with van der Waals surface area (Å²) in [5, 5.41) is 0. The van der Waals surface area contributed by atoms with Crippen molar-refractivity contribution in [3.63, 3.8) is 0 Å². The third-order valence-corrected chi connectivity index (χ3v) is 18.4. The van der Waals surface area contributed by atoms with Crippen molar-refractivity contribution < 1.29 is 89.8 Å². The molecular weight excluding hydrogens is 1320 g/mol. The lowest BCUT2D eigenvalue weighted by molar-refractivity contribution is -0.350. The molecule has 15 atom stereocenters. The molecule has 18 nitrogen and oxygen atoms in total. The second-order valence-corrected chi connectivity index (χ2v) is 27.4. The molecule has 102 heavy (non-hydrogen) atoms. The number of rotatable bonds is 33. The zero-order chi connectivity index (χ0) is 71.1. The summed E-state index contributed by atoms with van der Waals surface area (Å²) in [4.78, 5) is 42.3. The highest BCUT2D eigenvalue weighted by molar-refractivity contribution is 7.99. The Kier molecular flexibility index (Phi) is 27.9. The highest BCUT2D eigenvalue weighted by Gasteiger charge is 2.56. The number of carbonyl (C=O) groups excluding carboxylic acids is 3. The number of benzene rings is 8. The van der Waals surface area contributed by atoms with Gasteiger partial charge < -0.3 is 71.1 Å². The van der Waals surface area contributed by atoms with Gasteiger partial charge in [-0.15, -0.1) is 0 Å². The van der Waals surface area contributed by atoms with E-state index in [1.807, 2.05) is 212 Å². The molecule has 0 N–H and O–H groups in total. The molecule has 0 saturated carbocycles. The van der Waals surface area contributed by atoms with Crippen molar-refractivity contribution in [3.8, 4) is 0 Å². The third-order valence-electron chi connectivity index (χ3n) is 17.3. The number of carbonyl (C=O) groups is 3. The fourth-order valence-electron chi connectivity index (χ4n) is 12.1. The van der Waals surface area contributed by atoms with Gasteiger partial charge in [-0.25, -0.2) is 4.39 Å². The SMILES string of the molecule is CC(=O)O[C@@H]1[C@@H](OCc2ccccc2)[C@H](OCc2ccccc2)[C@@H](CO[C@@H]2O[C@H](CO[C@@H]3O[C@H](COCc4ccccc4)[C@@H](OCc4ccccc4)[C@H](OCc4ccccc4)[C@H]3OC(=O)C(C)(C)C)[C@@H](OCc3ccccc3)[C@H](OCc3ccccc3)[C@H]2OC(C)=O)O[C@H]1Sc1ccc(F)cc1. The minimum absolute atomic E-state index is 0.0141. The van der Waals surface area contributed by atoms with E-state index in [0.717, 1.165) is 38.9 Å². The Hall–Kier alpha value is -8.03. The van der Waals surface area contributed by atoms with Crippen LogP contribution in [0, 0.1) is 11.2 Å². The first-order chi connectivity index (χ1) is 49.7. The van der Waals surface area contributed by atoms with Crippen LogP contribution in [-0.2, 0) is 132 Å². The standard InChI is InChI=1S/C82H89FO18S/c1-55(84)96-75-72(91-49-61-35-21-10-22-36-61)70(89-47-59-31-17-8-18-32-59)67(99-78(75)95-54-68-71(90-48-60-33-19-9-20-34-60)74(93-51-63-39-25-12-26-40-63)77(97-56(2)85)80(100-68)102-65-43-41-64(83)42-44-65)53-94-79-76(101-81(86)82(3,4)5)73(92-50-62-37-23-11-24-38-62)69(88-46-58-29-15-7-16-30-58)66(98-79)52-87-45-57-27-13-6-14-28-57/h6-44,66-80H,45-54H2,1-5H3/t66-,67-,68-,69-,70-,71-,72+,73+,74+,75-,76-,77-,78-,79-,80+/m1/s1. The first-order valence-electron chi connectivity index (χ1n) is 34.4. The molecule has 0 radical (unpaired) electrons. The first kappa shape index (κ1) is 75.1. The zero-order valence-electron chi connectivity index (χ0n) is 57.9. The van der Waals surface area contributed by atoms with Crippen LogP contribution in [0.2, 0.25) is 0 Å². The van der Waals surface area contributed by atoms with Crippen molar-refractivity contribution in [2.45, 2.75) is 177 Å². The molecule has 3 aliphatic heterocycles. The lowest BCUT2D eigenvalue weighted by atomic mass is 9.95. The van der Waals surface area contributed by atoms with Crippen LogP contribution >= 0.6 is 11.8 Å². The molecular formula is C82H89FO18S. The Morgan fingerprint density at radius 1 is 0.343 bits per heavy atom. The monoisotopic (exact) mass is 1410 g/mol. The molecule has 3 heterocycles. The van der Waals surface area contributed by atoms with Gasteiger partial charge >= 0.3 is 17.9 Å². The fraction of sp³-hybridized carbons (Fsp3) is 0.378. The van der Waals surface area contributed by atoms with Crippen molar-refractivity contribution in [2.75, 3.05) is 19.8 Å². The number of hydrogen-bond donors (Lipinski definition) is 0. The van der Waals surface area contributed by atoms with Gasteiger partial charge in [0.05, 0.1) is 71.5 Å². The van der Waals surface area contributed by atoms with Crippen LogP contribution in [0.25, 0.3) is 0 Å². The van der Waals surface area contributed by atoms with Crippen LogP contribution in [0.4, 0.5) is 4.39 Å². The van der Waals surface area contributed by atoms with Crippen LogP contribution in [0.5, 0.6) is 0 Å². The summed E-state index contributed by atoms with van der Waals surface area (Å²) in [6.07, 6.45) is -16.1. The predicted molar refractivity (Wildman–Crippen MR) is 377 cm³/mol. The summed E-state index contributed by atoms with van der Waals surface area (Å²) >= 11 is 1.20. The highest BCUT2D eigenvalue weighted by atomic mass is 32.2. The molecule has 0 aliphatic carbocycles. The molecule has 3 fully saturated rings. The molecule has 0 spiro atoms. The number of halogens is 1. The van der Waals surface area contributed by atoms with E-state index in [1.165, 1.54) is 37.7 Å². The van der Waals surface area contributed by atoms with Crippen LogP contribution < -0.4 is 0 Å². The fourth-order valence-corrected chi connectivity index (χ4v) is 13.2. The molecule has 3 saturated heterocycles. The van der Waals surface area contributed by atoms with E-state index in [2.05, 4.69) is 0 Å². The molecule has 0 amide bonds. The molecule has 11 rings (SSSR count). The average molecular weight is 1410 g/mol. The van der Waals surface area contributed by atoms with Gasteiger partial charge in [-0.05, 0) is 84.0 Å². The van der Waals surface area contributed by atoms with Gasteiger partial charge in [0.1, 0.15) is 66.2 Å². The second kappa shape index (κ2) is 37.9. The molecule has 8 aromatic rings. The van der Waals surface area contributed by atoms with Gasteiger partial charge in [-0.1, -0.05) is 224 Å². The maximum Gasteiger partial charge on any atom is 0.311 e. The highest BCUT2D eigenvalue weighted by Crippen LogP contribution is 2.41. The molecule has 3 aliphatic rings. The van der Waals surface area contributed by atoms with Gasteiger partial charge in [0, 0.05) is 18.7 Å². The molecule has 0 unspecified atom stereocenters. The number of thioether (sulfide) groups is 1. The van der Waals surface area contributed by atoms with Crippen molar-refractivity contribution in [1.82, 2.24) is 0 Å². The Labute approximate surface area is 600 Å². The van der Waals surface area contributed by atoms with E-state index in [4.69, 9.17) is 71.1 Å². The number of esters is 3. The van der Waals surface area contributed by atoms with Crippen LogP contribution in [-0.4, -0.2) is 129 Å². The first-order valence-corrected chi connectivity index (χ1v) is 35.3. The smallest absolute Gasteiger partial charge is 0.311 e. The van der Waals surface area contributed by atoms with E-state index in [0.29, 0.717) is 4.90 Å². The lowest BCUT2D eigenvalue weighted by Crippen LogP contribution is -2.65. The zero-order valence-corrected chi connectivity index (χ0v) is 58.7. The van der Waals surface area contributed by atoms with E-state index in [1.54, 1.807) is 32.9 Å². The van der Waals surface area contributed by atoms with E-state index in [-0.39, 0.29) is 66.1 Å². The van der Waals surface area contributed by atoms with Crippen LogP contribution in [0.15, 0.2) is 241 Å². The Balaban J connectivity index is 0.984. The molecule has 20 heteroatoms. The lowest BCUT2D eigenvalue weighted by Gasteiger charge is -2.48. The largest absolute Gasteiger partial charge is 0.456 e. The topological polar surface area (TPSA) is 190 Å². The minimum Gasteiger partial charge on any atom is -0.456 e. The Morgan fingerprint density at radius 3 is 0.980 bits per heavy atom. The summed E-state index contributed by atoms with van der Waals surface area (Å²) in [7, 11) is 0. The Bertz CT molecular complexity index is 3770. The molecule has 8 aromatic carbocycles. The van der Waals surface area contributed by atoms with Gasteiger partial charge in [-0.2, -0.15) is 0 Å². The van der Waals surface area contributed by atoms with Crippen LogP contribution in [0.3, 0.4) is 0 Å². The maximum absolute atomic E-state index is 14.6. The summed E-state index contributed by atoms with van der Waals surface area (Å²) in [5.74, 6) is -2.29. The summed E-state index contributed by atoms with van der Waals surface area (Å²) in [6, 6.07) is 73.1. The average Bonchev–Trinajstić information content (AvgIpc) is 0.785. The van der Waals surface area contributed by atoms with Crippen molar-refractivity contribution in [2.24, 2.45) is 5.41 Å². The number of hydrogen-bond acceptors (Lipinski definition) is 19. The van der Waals surface area contributed by atoms with Gasteiger partial charge in [0.2, 0.25) is 0 Å². The Morgan fingerprint density at radius 2 is 0.637 bits per heavy atom. The van der Waals surface area contributed by atoms with Crippen molar-refractivity contribution in [3.05, 3.63) is 281 Å². The normalized spacial score (nSPS) is 25.1. The summed E-state index contributed by atoms with van der Waals surface area (Å²) in [5.41, 5.74) is 3.89. The third kappa shape index (κ3) is 22.0. The van der Waals surface area contributed by atoms with Gasteiger partial charge in [-0.3, -0.25) is 14.4 Å². The molecule has 0 bridgehead atoms. The summed E-state index contributed by atoms with van der Waals surface area (Å²) < 4.78 is 118. The van der Waals surface area contributed by atoms with Gasteiger partial charge in [0.15, 0.2) is 30.9 Å².